The van der Waals surface area contributed by atoms with Gasteiger partial charge in [0, 0.05) is 11.6 Å². The maximum atomic E-state index is 5.63. The first kappa shape index (κ1) is 8.07. The molecular formula is C8H6ClN3O. The van der Waals surface area contributed by atoms with Crippen LogP contribution in [0.25, 0.3) is 11.3 Å². The van der Waals surface area contributed by atoms with Crippen molar-refractivity contribution in [2.24, 2.45) is 0 Å². The van der Waals surface area contributed by atoms with Gasteiger partial charge in [-0.1, -0.05) is 0 Å². The molecule has 0 radical (unpaired) electrons. The Morgan fingerprint density at radius 3 is 2.85 bits per heavy atom. The van der Waals surface area contributed by atoms with E-state index < -0.39 is 0 Å². The largest absolute Gasteiger partial charge is 0.472 e. The average Bonchev–Trinajstić information content (AvgIpc) is 2.53. The van der Waals surface area contributed by atoms with Crippen molar-refractivity contribution in [3.05, 3.63) is 29.9 Å². The molecule has 2 rings (SSSR count). The number of aromatic nitrogens is 2. The molecule has 0 amide bonds. The van der Waals surface area contributed by atoms with E-state index in [1.165, 1.54) is 0 Å². The first-order valence-corrected chi connectivity index (χ1v) is 3.96. The molecule has 5 heteroatoms. The molecule has 0 bridgehead atoms. The molecule has 66 valence electrons. The third-order valence-electron chi connectivity index (χ3n) is 1.54. The van der Waals surface area contributed by atoms with Crippen molar-refractivity contribution in [2.75, 3.05) is 5.73 Å². The molecule has 0 atom stereocenters. The van der Waals surface area contributed by atoms with Crippen LogP contribution in [0, 0.1) is 0 Å². The lowest BCUT2D eigenvalue weighted by molar-refractivity contribution is 0.568. The van der Waals surface area contributed by atoms with E-state index in [1.54, 1.807) is 24.7 Å². The van der Waals surface area contributed by atoms with E-state index in [4.69, 9.17) is 21.8 Å². The molecule has 0 spiro atoms. The molecule has 2 aromatic rings. The number of hydrogen-bond acceptors (Lipinski definition) is 4. The lowest BCUT2D eigenvalue weighted by atomic mass is 10.2. The van der Waals surface area contributed by atoms with Crippen LogP contribution in [0.15, 0.2) is 29.1 Å². The highest BCUT2D eigenvalue weighted by atomic mass is 35.5. The summed E-state index contributed by atoms with van der Waals surface area (Å²) >= 11 is 5.63. The molecule has 4 nitrogen and oxygen atoms in total. The quantitative estimate of drug-likeness (QED) is 0.707. The highest BCUT2D eigenvalue weighted by molar-refractivity contribution is 6.28. The summed E-state index contributed by atoms with van der Waals surface area (Å²) in [6.07, 6.45) is 3.12. The molecule has 0 unspecified atom stereocenters. The molecule has 0 aliphatic carbocycles. The summed E-state index contributed by atoms with van der Waals surface area (Å²) in [5, 5.41) is 0.135. The van der Waals surface area contributed by atoms with E-state index in [9.17, 15) is 0 Å². The van der Waals surface area contributed by atoms with E-state index in [1.807, 2.05) is 0 Å². The van der Waals surface area contributed by atoms with Crippen LogP contribution in [0.5, 0.6) is 0 Å². The zero-order chi connectivity index (χ0) is 9.26. The van der Waals surface area contributed by atoms with Gasteiger partial charge in [-0.15, -0.1) is 0 Å². The number of nitrogen functional groups attached to an aromatic ring is 1. The Balaban J connectivity index is 2.53. The van der Waals surface area contributed by atoms with Crippen LogP contribution in [0.2, 0.25) is 5.28 Å². The minimum absolute atomic E-state index is 0.135. The van der Waals surface area contributed by atoms with Crippen molar-refractivity contribution in [1.29, 1.82) is 0 Å². The summed E-state index contributed by atoms with van der Waals surface area (Å²) in [6, 6.07) is 3.41. The van der Waals surface area contributed by atoms with Gasteiger partial charge in [0.1, 0.15) is 5.82 Å². The second-order valence-electron chi connectivity index (χ2n) is 2.46. The van der Waals surface area contributed by atoms with Gasteiger partial charge in [0.2, 0.25) is 5.28 Å². The second-order valence-corrected chi connectivity index (χ2v) is 2.80. The normalized spacial score (nSPS) is 10.2. The topological polar surface area (TPSA) is 64.9 Å². The molecule has 0 aliphatic rings. The Bertz CT molecular complexity index is 393. The first-order chi connectivity index (χ1) is 6.25. The summed E-state index contributed by atoms with van der Waals surface area (Å²) in [5.41, 5.74) is 6.99. The van der Waals surface area contributed by atoms with Gasteiger partial charge in [-0.3, -0.25) is 0 Å². The van der Waals surface area contributed by atoms with Crippen molar-refractivity contribution in [2.45, 2.75) is 0 Å². The van der Waals surface area contributed by atoms with Gasteiger partial charge in [-0.05, 0) is 17.7 Å². The van der Waals surface area contributed by atoms with Gasteiger partial charge in [0.25, 0.3) is 0 Å². The maximum Gasteiger partial charge on any atom is 0.224 e. The Hall–Kier alpha value is -1.55. The maximum absolute atomic E-state index is 5.63. The predicted octanol–water partition coefficient (Wildman–Crippen LogP) is 1.97. The number of anilines is 1. The first-order valence-electron chi connectivity index (χ1n) is 3.58. The van der Waals surface area contributed by atoms with Crippen molar-refractivity contribution >= 4 is 17.4 Å². The molecule has 13 heavy (non-hydrogen) atoms. The predicted molar refractivity (Wildman–Crippen MR) is 49.2 cm³/mol. The molecule has 2 N–H and O–H groups in total. The van der Waals surface area contributed by atoms with E-state index in [-0.39, 0.29) is 5.28 Å². The SMILES string of the molecule is Nc1cc(-c2ccoc2)nc(Cl)n1. The average molecular weight is 196 g/mol. The van der Waals surface area contributed by atoms with Gasteiger partial charge in [-0.2, -0.15) is 0 Å². The Morgan fingerprint density at radius 2 is 2.23 bits per heavy atom. The number of rotatable bonds is 1. The van der Waals surface area contributed by atoms with Crippen molar-refractivity contribution < 1.29 is 4.42 Å². The van der Waals surface area contributed by atoms with Crippen molar-refractivity contribution in [3.63, 3.8) is 0 Å². The summed E-state index contributed by atoms with van der Waals surface area (Å²) < 4.78 is 4.90. The van der Waals surface area contributed by atoms with Crippen molar-refractivity contribution in [3.8, 4) is 11.3 Å². The van der Waals surface area contributed by atoms with Gasteiger partial charge in [0.05, 0.1) is 18.2 Å². The smallest absolute Gasteiger partial charge is 0.224 e. The van der Waals surface area contributed by atoms with Gasteiger partial charge in [-0.25, -0.2) is 9.97 Å². The van der Waals surface area contributed by atoms with Crippen LogP contribution in [0.3, 0.4) is 0 Å². The monoisotopic (exact) mass is 195 g/mol. The zero-order valence-corrected chi connectivity index (χ0v) is 7.32. The Morgan fingerprint density at radius 1 is 1.38 bits per heavy atom. The molecule has 0 saturated heterocycles. The summed E-state index contributed by atoms with van der Waals surface area (Å²) in [7, 11) is 0. The van der Waals surface area contributed by atoms with Gasteiger partial charge >= 0.3 is 0 Å². The molecule has 0 saturated carbocycles. The van der Waals surface area contributed by atoms with Gasteiger partial charge < -0.3 is 10.2 Å². The van der Waals surface area contributed by atoms with E-state index in [2.05, 4.69) is 9.97 Å². The minimum atomic E-state index is 0.135. The molecule has 0 aliphatic heterocycles. The number of furan rings is 1. The lowest BCUT2D eigenvalue weighted by Gasteiger charge is -1.97. The van der Waals surface area contributed by atoms with Crippen LogP contribution in [-0.2, 0) is 0 Å². The summed E-state index contributed by atoms with van der Waals surface area (Å²) in [5.74, 6) is 0.344. The zero-order valence-electron chi connectivity index (χ0n) is 6.57. The highest BCUT2D eigenvalue weighted by Crippen LogP contribution is 2.20. The second kappa shape index (κ2) is 3.06. The van der Waals surface area contributed by atoms with Crippen LogP contribution in [0.1, 0.15) is 0 Å². The molecule has 0 fully saturated rings. The third-order valence-corrected chi connectivity index (χ3v) is 1.70. The number of halogens is 1. The molecular weight excluding hydrogens is 190 g/mol. The number of hydrogen-bond donors (Lipinski definition) is 1. The number of nitrogens with zero attached hydrogens (tertiary/aromatic N) is 2. The van der Waals surface area contributed by atoms with Crippen LogP contribution in [0.4, 0.5) is 5.82 Å². The van der Waals surface area contributed by atoms with E-state index in [0.717, 1.165) is 5.56 Å². The Kier molecular flexibility index (Phi) is 1.90. The third kappa shape index (κ3) is 1.62. The summed E-state index contributed by atoms with van der Waals surface area (Å²) in [6.45, 7) is 0. The molecule has 2 aromatic heterocycles. The van der Waals surface area contributed by atoms with Crippen LogP contribution < -0.4 is 5.73 Å². The molecule has 0 aromatic carbocycles. The van der Waals surface area contributed by atoms with Crippen LogP contribution in [-0.4, -0.2) is 9.97 Å². The fourth-order valence-electron chi connectivity index (χ4n) is 0.994. The van der Waals surface area contributed by atoms with Gasteiger partial charge in [0.15, 0.2) is 0 Å². The molecule has 2 heterocycles. The Labute approximate surface area is 79.4 Å². The lowest BCUT2D eigenvalue weighted by Crippen LogP contribution is -1.93. The highest BCUT2D eigenvalue weighted by Gasteiger charge is 2.03. The minimum Gasteiger partial charge on any atom is -0.472 e. The van der Waals surface area contributed by atoms with Crippen LogP contribution >= 0.6 is 11.6 Å². The fraction of sp³-hybridized carbons (Fsp3) is 0. The fourth-order valence-corrected chi connectivity index (χ4v) is 1.18. The standard InChI is InChI=1S/C8H6ClN3O/c9-8-11-6(3-7(10)12-8)5-1-2-13-4-5/h1-4H,(H2,10,11,12). The summed E-state index contributed by atoms with van der Waals surface area (Å²) in [4.78, 5) is 7.74. The number of nitrogens with two attached hydrogens (primary N) is 1. The van der Waals surface area contributed by atoms with E-state index in [0.29, 0.717) is 11.5 Å². The van der Waals surface area contributed by atoms with Crippen molar-refractivity contribution in [1.82, 2.24) is 9.97 Å². The van der Waals surface area contributed by atoms with E-state index >= 15 is 0 Å².